The van der Waals surface area contributed by atoms with Crippen LogP contribution in [-0.2, 0) is 0 Å². The van der Waals surface area contributed by atoms with E-state index in [-0.39, 0.29) is 5.78 Å². The van der Waals surface area contributed by atoms with Crippen LogP contribution in [0.2, 0.25) is 0 Å². The molecule has 3 nitrogen and oxygen atoms in total. The Balaban J connectivity index is 2.19. The first-order chi connectivity index (χ1) is 9.20. The molecule has 0 unspecified atom stereocenters. The van der Waals surface area contributed by atoms with E-state index in [4.69, 9.17) is 4.74 Å². The molecule has 2 aromatic rings. The van der Waals surface area contributed by atoms with E-state index in [1.807, 2.05) is 31.2 Å². The number of nitrogens with zero attached hydrogens (tertiary/aromatic N) is 1. The summed E-state index contributed by atoms with van der Waals surface area (Å²) in [6.45, 7) is 2.03. The van der Waals surface area contributed by atoms with Crippen molar-refractivity contribution < 1.29 is 9.53 Å². The molecule has 19 heavy (non-hydrogen) atoms. The number of benzene rings is 1. The summed E-state index contributed by atoms with van der Waals surface area (Å²) in [6.07, 6.45) is 6.45. The first-order valence-electron chi connectivity index (χ1n) is 5.98. The predicted octanol–water partition coefficient (Wildman–Crippen LogP) is 3.29. The highest BCUT2D eigenvalue weighted by molar-refractivity contribution is 6.08. The third-order valence-electron chi connectivity index (χ3n) is 2.77. The second kappa shape index (κ2) is 5.96. The smallest absolute Gasteiger partial charge is 0.189 e. The highest BCUT2D eigenvalue weighted by Crippen LogP contribution is 2.17. The molecule has 0 N–H and O–H groups in total. The summed E-state index contributed by atoms with van der Waals surface area (Å²) in [5, 5.41) is 0. The summed E-state index contributed by atoms with van der Waals surface area (Å²) in [6, 6.07) is 9.63. The third-order valence-corrected chi connectivity index (χ3v) is 2.77. The van der Waals surface area contributed by atoms with Gasteiger partial charge < -0.3 is 4.74 Å². The quantitative estimate of drug-likeness (QED) is 0.620. The fraction of sp³-hybridized carbons (Fsp3) is 0.125. The minimum absolute atomic E-state index is 0.0974. The second-order valence-corrected chi connectivity index (χ2v) is 4.18. The zero-order valence-corrected chi connectivity index (χ0v) is 11.0. The lowest BCUT2D eigenvalue weighted by Gasteiger charge is -2.03. The number of hydrogen-bond donors (Lipinski definition) is 0. The number of carbonyl (C=O) groups is 1. The molecule has 1 heterocycles. The lowest BCUT2D eigenvalue weighted by Crippen LogP contribution is -1.99. The minimum Gasteiger partial charge on any atom is -0.494 e. The van der Waals surface area contributed by atoms with E-state index in [1.54, 1.807) is 24.4 Å². The molecule has 0 fully saturated rings. The molecule has 1 aromatic heterocycles. The van der Waals surface area contributed by atoms with Gasteiger partial charge in [0, 0.05) is 6.20 Å². The van der Waals surface area contributed by atoms with Crippen LogP contribution >= 0.6 is 0 Å². The van der Waals surface area contributed by atoms with E-state index in [0.29, 0.717) is 11.3 Å². The maximum absolute atomic E-state index is 12.1. The van der Waals surface area contributed by atoms with Gasteiger partial charge in [0.05, 0.1) is 18.9 Å². The number of ether oxygens (including phenoxy) is 1. The largest absolute Gasteiger partial charge is 0.494 e. The van der Waals surface area contributed by atoms with Gasteiger partial charge in [0.2, 0.25) is 0 Å². The monoisotopic (exact) mass is 253 g/mol. The van der Waals surface area contributed by atoms with Crippen LogP contribution in [0.15, 0.2) is 48.8 Å². The molecule has 0 amide bonds. The topological polar surface area (TPSA) is 39.2 Å². The Hall–Kier alpha value is -2.42. The van der Waals surface area contributed by atoms with E-state index < -0.39 is 0 Å². The van der Waals surface area contributed by atoms with Crippen LogP contribution in [0.25, 0.3) is 6.08 Å². The summed E-state index contributed by atoms with van der Waals surface area (Å²) < 4.78 is 5.12. The maximum atomic E-state index is 12.1. The van der Waals surface area contributed by atoms with Gasteiger partial charge in [-0.05, 0) is 24.6 Å². The van der Waals surface area contributed by atoms with Crippen molar-refractivity contribution in [2.24, 2.45) is 0 Å². The van der Waals surface area contributed by atoms with E-state index in [2.05, 4.69) is 4.98 Å². The van der Waals surface area contributed by atoms with Gasteiger partial charge >= 0.3 is 0 Å². The number of hydrogen-bond acceptors (Lipinski definition) is 3. The van der Waals surface area contributed by atoms with Gasteiger partial charge in [-0.25, -0.2) is 0 Å². The normalized spacial score (nSPS) is 10.6. The zero-order chi connectivity index (χ0) is 13.7. The van der Waals surface area contributed by atoms with Crippen molar-refractivity contribution in [2.45, 2.75) is 6.92 Å². The van der Waals surface area contributed by atoms with Gasteiger partial charge in [-0.15, -0.1) is 0 Å². The Morgan fingerprint density at radius 1 is 1.21 bits per heavy atom. The van der Waals surface area contributed by atoms with Gasteiger partial charge in [-0.1, -0.05) is 35.9 Å². The fourth-order valence-electron chi connectivity index (χ4n) is 1.69. The summed E-state index contributed by atoms with van der Waals surface area (Å²) in [7, 11) is 1.53. The van der Waals surface area contributed by atoms with Crippen LogP contribution in [0.4, 0.5) is 0 Å². The standard InChI is InChI=1S/C16H15NO2/c1-12-3-5-13(6-4-12)7-8-15(18)14-9-10-17-11-16(14)19-2/h3-11H,1-2H3/b8-7+. The second-order valence-electron chi connectivity index (χ2n) is 4.18. The summed E-state index contributed by atoms with van der Waals surface area (Å²) >= 11 is 0. The number of aryl methyl sites for hydroxylation is 1. The van der Waals surface area contributed by atoms with Crippen molar-refractivity contribution in [3.8, 4) is 5.75 Å². The van der Waals surface area contributed by atoms with Crippen molar-refractivity contribution in [3.05, 3.63) is 65.5 Å². The van der Waals surface area contributed by atoms with E-state index in [1.165, 1.54) is 18.9 Å². The number of aromatic nitrogens is 1. The van der Waals surface area contributed by atoms with E-state index in [0.717, 1.165) is 5.56 Å². The number of pyridine rings is 1. The molecule has 0 saturated carbocycles. The molecule has 0 aliphatic heterocycles. The van der Waals surface area contributed by atoms with Crippen LogP contribution in [0.1, 0.15) is 21.5 Å². The SMILES string of the molecule is COc1cnccc1C(=O)/C=C/c1ccc(C)cc1. The molecule has 0 spiro atoms. The van der Waals surface area contributed by atoms with E-state index in [9.17, 15) is 4.79 Å². The Bertz CT molecular complexity index is 600. The lowest BCUT2D eigenvalue weighted by atomic mass is 10.1. The molecule has 0 saturated heterocycles. The number of carbonyl (C=O) groups excluding carboxylic acids is 1. The molecule has 0 aliphatic rings. The maximum Gasteiger partial charge on any atom is 0.189 e. The first-order valence-corrected chi connectivity index (χ1v) is 5.98. The van der Waals surface area contributed by atoms with E-state index >= 15 is 0 Å². The number of ketones is 1. The van der Waals surface area contributed by atoms with Gasteiger partial charge in [-0.3, -0.25) is 9.78 Å². The average Bonchev–Trinajstić information content (AvgIpc) is 2.46. The van der Waals surface area contributed by atoms with Crippen LogP contribution in [-0.4, -0.2) is 17.9 Å². The predicted molar refractivity (Wildman–Crippen MR) is 75.3 cm³/mol. The molecule has 0 radical (unpaired) electrons. The average molecular weight is 253 g/mol. The zero-order valence-electron chi connectivity index (χ0n) is 11.0. The molecule has 3 heteroatoms. The van der Waals surface area contributed by atoms with Gasteiger partial charge in [0.15, 0.2) is 5.78 Å². The summed E-state index contributed by atoms with van der Waals surface area (Å²) in [5.74, 6) is 0.390. The number of rotatable bonds is 4. The Morgan fingerprint density at radius 3 is 2.63 bits per heavy atom. The lowest BCUT2D eigenvalue weighted by molar-refractivity contribution is 0.104. The first kappa shape index (κ1) is 13.0. The molecule has 96 valence electrons. The van der Waals surface area contributed by atoms with Crippen molar-refractivity contribution >= 4 is 11.9 Å². The van der Waals surface area contributed by atoms with Crippen LogP contribution in [0, 0.1) is 6.92 Å². The Morgan fingerprint density at radius 2 is 1.95 bits per heavy atom. The van der Waals surface area contributed by atoms with Crippen LogP contribution < -0.4 is 4.74 Å². The third kappa shape index (κ3) is 3.28. The summed E-state index contributed by atoms with van der Waals surface area (Å²) in [5.41, 5.74) is 2.70. The molecule has 2 rings (SSSR count). The molecular weight excluding hydrogens is 238 g/mol. The highest BCUT2D eigenvalue weighted by atomic mass is 16.5. The minimum atomic E-state index is -0.0974. The van der Waals surface area contributed by atoms with Gasteiger partial charge in [0.1, 0.15) is 5.75 Å². The molecule has 0 aliphatic carbocycles. The van der Waals surface area contributed by atoms with Crippen molar-refractivity contribution in [1.29, 1.82) is 0 Å². The molecule has 1 aromatic carbocycles. The van der Waals surface area contributed by atoms with Crippen molar-refractivity contribution in [2.75, 3.05) is 7.11 Å². The fourth-order valence-corrected chi connectivity index (χ4v) is 1.69. The molecule has 0 bridgehead atoms. The molecular formula is C16H15NO2. The van der Waals surface area contributed by atoms with Gasteiger partial charge in [0.25, 0.3) is 0 Å². The van der Waals surface area contributed by atoms with Crippen molar-refractivity contribution in [1.82, 2.24) is 4.98 Å². The van der Waals surface area contributed by atoms with Crippen molar-refractivity contribution in [3.63, 3.8) is 0 Å². The highest BCUT2D eigenvalue weighted by Gasteiger charge is 2.08. The summed E-state index contributed by atoms with van der Waals surface area (Å²) in [4.78, 5) is 16.0. The Kier molecular flexibility index (Phi) is 4.08. The number of allylic oxidation sites excluding steroid dienone is 1. The Labute approximate surface area is 112 Å². The number of methoxy groups -OCH3 is 1. The van der Waals surface area contributed by atoms with Crippen LogP contribution in [0.5, 0.6) is 5.75 Å². The van der Waals surface area contributed by atoms with Crippen LogP contribution in [0.3, 0.4) is 0 Å². The van der Waals surface area contributed by atoms with Gasteiger partial charge in [-0.2, -0.15) is 0 Å². The molecule has 0 atom stereocenters.